The van der Waals surface area contributed by atoms with Crippen LogP contribution >= 0.6 is 0 Å². The monoisotopic (exact) mass is 333 g/mol. The van der Waals surface area contributed by atoms with E-state index in [1.165, 1.54) is 18.2 Å². The molecule has 0 fully saturated rings. The number of rotatable bonds is 5. The molecule has 0 aromatic heterocycles. The smallest absolute Gasteiger partial charge is 0.384 e. The maximum absolute atomic E-state index is 12.9. The molecule has 0 aliphatic carbocycles. The molecule has 7 heteroatoms. The minimum Gasteiger partial charge on any atom is -0.384 e. The van der Waals surface area contributed by atoms with Crippen molar-refractivity contribution in [1.82, 2.24) is 0 Å². The van der Waals surface area contributed by atoms with Crippen molar-refractivity contribution < 1.29 is 18.0 Å². The summed E-state index contributed by atoms with van der Waals surface area (Å²) in [4.78, 5) is 11.8. The molecule has 0 unspecified atom stereocenters. The van der Waals surface area contributed by atoms with Crippen LogP contribution in [0.15, 0.2) is 48.5 Å². The number of halogens is 3. The molecular formula is C17H14F3N3O. The average molecular weight is 333 g/mol. The van der Waals surface area contributed by atoms with Gasteiger partial charge in [-0.15, -0.1) is 0 Å². The highest BCUT2D eigenvalue weighted by Gasteiger charge is 2.33. The van der Waals surface area contributed by atoms with Gasteiger partial charge in [0.1, 0.15) is 0 Å². The normalized spacial score (nSPS) is 10.8. The van der Waals surface area contributed by atoms with Gasteiger partial charge < -0.3 is 10.6 Å². The maximum Gasteiger partial charge on any atom is 0.418 e. The average Bonchev–Trinajstić information content (AvgIpc) is 2.54. The molecule has 0 saturated carbocycles. The van der Waals surface area contributed by atoms with Crippen LogP contribution in [0.3, 0.4) is 0 Å². The number of carbonyl (C=O) groups excluding carboxylic acids is 1. The van der Waals surface area contributed by atoms with Crippen LogP contribution < -0.4 is 10.6 Å². The van der Waals surface area contributed by atoms with Crippen molar-refractivity contribution in [1.29, 1.82) is 5.26 Å². The van der Waals surface area contributed by atoms with Crippen LogP contribution in [0.1, 0.15) is 17.5 Å². The van der Waals surface area contributed by atoms with E-state index in [1.54, 1.807) is 24.3 Å². The minimum absolute atomic E-state index is 0.0109. The third-order valence-corrected chi connectivity index (χ3v) is 3.18. The van der Waals surface area contributed by atoms with Gasteiger partial charge in [0.25, 0.3) is 0 Å². The number of hydrogen-bond acceptors (Lipinski definition) is 3. The summed E-state index contributed by atoms with van der Waals surface area (Å²) in [7, 11) is 0. The molecule has 0 atom stereocenters. The molecule has 0 heterocycles. The zero-order chi connectivity index (χ0) is 17.6. The second kappa shape index (κ2) is 7.51. The van der Waals surface area contributed by atoms with Gasteiger partial charge in [0, 0.05) is 18.7 Å². The Morgan fingerprint density at radius 2 is 1.88 bits per heavy atom. The molecule has 124 valence electrons. The first-order chi connectivity index (χ1) is 11.4. The van der Waals surface area contributed by atoms with Crippen LogP contribution in [0.25, 0.3) is 0 Å². The Labute approximate surface area is 136 Å². The SMILES string of the molecule is N#Cc1cccc(NCCC(=O)Nc2ccccc2C(F)(F)F)c1. The number of carbonyl (C=O) groups is 1. The fourth-order valence-electron chi connectivity index (χ4n) is 2.07. The lowest BCUT2D eigenvalue weighted by Crippen LogP contribution is -2.19. The molecule has 4 nitrogen and oxygen atoms in total. The van der Waals surface area contributed by atoms with E-state index in [4.69, 9.17) is 5.26 Å². The van der Waals surface area contributed by atoms with Gasteiger partial charge in [0.05, 0.1) is 22.9 Å². The summed E-state index contributed by atoms with van der Waals surface area (Å²) in [6.45, 7) is 0.231. The summed E-state index contributed by atoms with van der Waals surface area (Å²) < 4.78 is 38.6. The van der Waals surface area contributed by atoms with Gasteiger partial charge in [-0.25, -0.2) is 0 Å². The van der Waals surface area contributed by atoms with E-state index in [0.717, 1.165) is 6.07 Å². The van der Waals surface area contributed by atoms with Gasteiger partial charge in [0.15, 0.2) is 0 Å². The molecule has 0 aliphatic heterocycles. The molecular weight excluding hydrogens is 319 g/mol. The van der Waals surface area contributed by atoms with Gasteiger partial charge in [-0.3, -0.25) is 4.79 Å². The van der Waals surface area contributed by atoms with E-state index in [0.29, 0.717) is 11.3 Å². The summed E-state index contributed by atoms with van der Waals surface area (Å²) in [5.41, 5.74) is -0.00407. The standard InChI is InChI=1S/C17H14F3N3O/c18-17(19,20)14-6-1-2-7-15(14)23-16(24)8-9-22-13-5-3-4-12(10-13)11-21/h1-7,10,22H,8-9H2,(H,23,24). The fraction of sp³-hybridized carbons (Fsp3) is 0.176. The third kappa shape index (κ3) is 4.74. The van der Waals surface area contributed by atoms with Crippen molar-refractivity contribution in [2.75, 3.05) is 17.2 Å². The number of benzene rings is 2. The minimum atomic E-state index is -4.53. The van der Waals surface area contributed by atoms with Crippen molar-refractivity contribution in [2.45, 2.75) is 12.6 Å². The molecule has 2 N–H and O–H groups in total. The summed E-state index contributed by atoms with van der Waals surface area (Å²) in [6.07, 6.45) is -4.54. The molecule has 2 rings (SSSR count). The number of amides is 1. The lowest BCUT2D eigenvalue weighted by molar-refractivity contribution is -0.137. The highest BCUT2D eigenvalue weighted by atomic mass is 19.4. The predicted octanol–water partition coefficient (Wildman–Crippen LogP) is 4.02. The number of anilines is 2. The topological polar surface area (TPSA) is 64.9 Å². The Morgan fingerprint density at radius 1 is 1.12 bits per heavy atom. The molecule has 0 spiro atoms. The Morgan fingerprint density at radius 3 is 2.58 bits per heavy atom. The van der Waals surface area contributed by atoms with Crippen molar-refractivity contribution in [2.24, 2.45) is 0 Å². The Balaban J connectivity index is 1.91. The Bertz CT molecular complexity index is 766. The maximum atomic E-state index is 12.9. The second-order valence-electron chi connectivity index (χ2n) is 4.96. The van der Waals surface area contributed by atoms with Crippen LogP contribution in [-0.2, 0) is 11.0 Å². The number of para-hydroxylation sites is 1. The van der Waals surface area contributed by atoms with Gasteiger partial charge in [-0.05, 0) is 30.3 Å². The quantitative estimate of drug-likeness (QED) is 0.869. The number of nitriles is 1. The zero-order valence-electron chi connectivity index (χ0n) is 12.5. The highest BCUT2D eigenvalue weighted by molar-refractivity contribution is 5.91. The van der Waals surface area contributed by atoms with E-state index >= 15 is 0 Å². The van der Waals surface area contributed by atoms with Gasteiger partial charge in [-0.1, -0.05) is 18.2 Å². The molecule has 2 aromatic rings. The summed E-state index contributed by atoms with van der Waals surface area (Å²) in [5.74, 6) is -0.532. The van der Waals surface area contributed by atoms with Crippen molar-refractivity contribution in [3.63, 3.8) is 0 Å². The first kappa shape index (κ1) is 17.3. The Kier molecular flexibility index (Phi) is 5.42. The summed E-state index contributed by atoms with van der Waals surface area (Å²) in [5, 5.41) is 14.0. The first-order valence-electron chi connectivity index (χ1n) is 7.10. The highest BCUT2D eigenvalue weighted by Crippen LogP contribution is 2.34. The molecule has 0 saturated heterocycles. The van der Waals surface area contributed by atoms with Crippen LogP contribution in [0, 0.1) is 11.3 Å². The summed E-state index contributed by atoms with van der Waals surface area (Å²) in [6, 6.07) is 13.5. The van der Waals surface area contributed by atoms with Crippen LogP contribution in [0.2, 0.25) is 0 Å². The van der Waals surface area contributed by atoms with Gasteiger partial charge in [-0.2, -0.15) is 18.4 Å². The van der Waals surface area contributed by atoms with Crippen LogP contribution in [0.4, 0.5) is 24.5 Å². The number of nitrogens with one attached hydrogen (secondary N) is 2. The van der Waals surface area contributed by atoms with Gasteiger partial charge >= 0.3 is 6.18 Å². The molecule has 1 amide bonds. The van der Waals surface area contributed by atoms with Crippen molar-refractivity contribution in [3.8, 4) is 6.07 Å². The number of alkyl halides is 3. The molecule has 2 aromatic carbocycles. The first-order valence-corrected chi connectivity index (χ1v) is 7.10. The fourth-order valence-corrected chi connectivity index (χ4v) is 2.07. The second-order valence-corrected chi connectivity index (χ2v) is 4.96. The largest absolute Gasteiger partial charge is 0.418 e. The number of nitrogens with zero attached hydrogens (tertiary/aromatic N) is 1. The van der Waals surface area contributed by atoms with Crippen molar-refractivity contribution >= 4 is 17.3 Å². The van der Waals surface area contributed by atoms with E-state index in [2.05, 4.69) is 10.6 Å². The van der Waals surface area contributed by atoms with E-state index < -0.39 is 17.6 Å². The van der Waals surface area contributed by atoms with Crippen LogP contribution in [-0.4, -0.2) is 12.5 Å². The predicted molar refractivity (Wildman–Crippen MR) is 84.3 cm³/mol. The van der Waals surface area contributed by atoms with Crippen LogP contribution in [0.5, 0.6) is 0 Å². The molecule has 0 bridgehead atoms. The van der Waals surface area contributed by atoms with E-state index in [9.17, 15) is 18.0 Å². The lowest BCUT2D eigenvalue weighted by Gasteiger charge is -2.13. The van der Waals surface area contributed by atoms with E-state index in [-0.39, 0.29) is 18.7 Å². The third-order valence-electron chi connectivity index (χ3n) is 3.18. The van der Waals surface area contributed by atoms with Crippen molar-refractivity contribution in [3.05, 3.63) is 59.7 Å². The van der Waals surface area contributed by atoms with Gasteiger partial charge in [0.2, 0.25) is 5.91 Å². The lowest BCUT2D eigenvalue weighted by atomic mass is 10.1. The molecule has 0 aliphatic rings. The number of hydrogen-bond donors (Lipinski definition) is 2. The Hall–Kier alpha value is -3.01. The van der Waals surface area contributed by atoms with E-state index in [1.807, 2.05) is 6.07 Å². The molecule has 24 heavy (non-hydrogen) atoms. The summed E-state index contributed by atoms with van der Waals surface area (Å²) >= 11 is 0. The molecule has 0 radical (unpaired) electrons. The zero-order valence-corrected chi connectivity index (χ0v) is 12.5.